The lowest BCUT2D eigenvalue weighted by atomic mass is 10.1. The fraction of sp³-hybridized carbons (Fsp3) is 0.214. The third-order valence-electron chi connectivity index (χ3n) is 2.83. The molecular formula is C14H14O4. The average molecular weight is 246 g/mol. The number of carbonyl (C=O) groups is 1. The number of carboxylic acids is 1. The highest BCUT2D eigenvalue weighted by Crippen LogP contribution is 2.22. The van der Waals surface area contributed by atoms with Gasteiger partial charge in [-0.05, 0) is 37.1 Å². The molecule has 94 valence electrons. The maximum atomic E-state index is 10.7. The maximum absolute atomic E-state index is 10.7. The first-order valence-corrected chi connectivity index (χ1v) is 5.57. The van der Waals surface area contributed by atoms with Crippen LogP contribution in [0.2, 0.25) is 0 Å². The van der Waals surface area contributed by atoms with E-state index < -0.39 is 5.97 Å². The largest absolute Gasteiger partial charge is 0.485 e. The molecule has 2 rings (SSSR count). The van der Waals surface area contributed by atoms with Crippen LogP contribution in [0.4, 0.5) is 0 Å². The summed E-state index contributed by atoms with van der Waals surface area (Å²) in [6, 6.07) is 7.27. The number of ether oxygens (including phenoxy) is 1. The quantitative estimate of drug-likeness (QED) is 0.900. The monoisotopic (exact) mass is 246 g/mol. The van der Waals surface area contributed by atoms with Crippen molar-refractivity contribution < 1.29 is 19.1 Å². The Morgan fingerprint density at radius 2 is 2.17 bits per heavy atom. The van der Waals surface area contributed by atoms with Crippen LogP contribution in [0.1, 0.15) is 27.2 Å². The molecule has 0 aliphatic rings. The van der Waals surface area contributed by atoms with Gasteiger partial charge in [0.15, 0.2) is 0 Å². The first-order chi connectivity index (χ1) is 8.58. The molecule has 4 heteroatoms. The van der Waals surface area contributed by atoms with E-state index in [1.54, 1.807) is 0 Å². The van der Waals surface area contributed by atoms with Gasteiger partial charge >= 0.3 is 5.97 Å². The molecule has 0 atom stereocenters. The van der Waals surface area contributed by atoms with Crippen LogP contribution in [-0.4, -0.2) is 11.1 Å². The minimum absolute atomic E-state index is 0.134. The van der Waals surface area contributed by atoms with Crippen molar-refractivity contribution in [3.63, 3.8) is 0 Å². The van der Waals surface area contributed by atoms with Crippen molar-refractivity contribution in [3.05, 3.63) is 53.0 Å². The predicted octanol–water partition coefficient (Wildman–Crippen LogP) is 3.17. The second-order valence-corrected chi connectivity index (χ2v) is 4.09. The van der Waals surface area contributed by atoms with Gasteiger partial charge in [-0.3, -0.25) is 0 Å². The van der Waals surface area contributed by atoms with Gasteiger partial charge in [-0.15, -0.1) is 0 Å². The normalized spacial score (nSPS) is 10.3. The highest BCUT2D eigenvalue weighted by Gasteiger charge is 2.09. The van der Waals surface area contributed by atoms with Gasteiger partial charge in [0.25, 0.3) is 0 Å². The zero-order valence-electron chi connectivity index (χ0n) is 10.3. The summed E-state index contributed by atoms with van der Waals surface area (Å²) in [5, 5.41) is 8.76. The Bertz CT molecular complexity index is 569. The molecule has 0 aliphatic heterocycles. The molecule has 0 spiro atoms. The summed E-state index contributed by atoms with van der Waals surface area (Å²) in [5.41, 5.74) is 2.36. The molecule has 0 saturated heterocycles. The number of aryl methyl sites for hydroxylation is 1. The van der Waals surface area contributed by atoms with Gasteiger partial charge in [0.1, 0.15) is 24.4 Å². The molecule has 1 heterocycles. The van der Waals surface area contributed by atoms with E-state index in [9.17, 15) is 4.79 Å². The zero-order valence-corrected chi connectivity index (χ0v) is 10.3. The Morgan fingerprint density at radius 1 is 1.39 bits per heavy atom. The van der Waals surface area contributed by atoms with Crippen molar-refractivity contribution in [2.75, 3.05) is 0 Å². The molecule has 0 radical (unpaired) electrons. The van der Waals surface area contributed by atoms with Crippen LogP contribution in [0.3, 0.4) is 0 Å². The van der Waals surface area contributed by atoms with Crippen molar-refractivity contribution in [1.82, 2.24) is 0 Å². The van der Waals surface area contributed by atoms with Crippen molar-refractivity contribution >= 4 is 5.97 Å². The Labute approximate surface area is 105 Å². The van der Waals surface area contributed by atoms with E-state index in [0.29, 0.717) is 5.76 Å². The number of carboxylic acid groups (broad SMARTS) is 1. The Balaban J connectivity index is 2.07. The Morgan fingerprint density at radius 3 is 2.83 bits per heavy atom. The fourth-order valence-electron chi connectivity index (χ4n) is 1.60. The van der Waals surface area contributed by atoms with Crippen LogP contribution in [0.25, 0.3) is 0 Å². The molecule has 1 N–H and O–H groups in total. The lowest BCUT2D eigenvalue weighted by Crippen LogP contribution is -1.97. The number of rotatable bonds is 4. The van der Waals surface area contributed by atoms with Gasteiger partial charge in [0.2, 0.25) is 0 Å². The summed E-state index contributed by atoms with van der Waals surface area (Å²) in [4.78, 5) is 10.7. The van der Waals surface area contributed by atoms with E-state index in [4.69, 9.17) is 14.3 Å². The molecule has 18 heavy (non-hydrogen) atoms. The van der Waals surface area contributed by atoms with Crippen molar-refractivity contribution in [2.45, 2.75) is 20.5 Å². The summed E-state index contributed by atoms with van der Waals surface area (Å²) in [7, 11) is 0. The minimum atomic E-state index is -1.00. The van der Waals surface area contributed by atoms with E-state index in [1.165, 1.54) is 12.3 Å². The molecule has 0 unspecified atom stereocenters. The molecule has 0 saturated carbocycles. The van der Waals surface area contributed by atoms with Gasteiger partial charge in [0.05, 0.1) is 5.56 Å². The minimum Gasteiger partial charge on any atom is -0.485 e. The van der Waals surface area contributed by atoms with Crippen LogP contribution in [-0.2, 0) is 6.61 Å². The molecule has 0 amide bonds. The number of hydrogen-bond acceptors (Lipinski definition) is 3. The second-order valence-electron chi connectivity index (χ2n) is 4.09. The predicted molar refractivity (Wildman–Crippen MR) is 65.9 cm³/mol. The van der Waals surface area contributed by atoms with Gasteiger partial charge in [-0.2, -0.15) is 0 Å². The molecule has 0 fully saturated rings. The van der Waals surface area contributed by atoms with Gasteiger partial charge in [-0.25, -0.2) is 4.79 Å². The van der Waals surface area contributed by atoms with E-state index in [-0.39, 0.29) is 12.2 Å². The standard InChI is InChI=1S/C14H14O4/c1-9-4-3-5-13(10(9)2)18-8-12-6-11(7-17-12)14(15)16/h3-7H,8H2,1-2H3,(H,15,16). The number of benzene rings is 1. The SMILES string of the molecule is Cc1cccc(OCc2cc(C(=O)O)co2)c1C. The van der Waals surface area contributed by atoms with E-state index in [0.717, 1.165) is 16.9 Å². The molecule has 1 aromatic heterocycles. The summed E-state index contributed by atoms with van der Waals surface area (Å²) in [6.45, 7) is 4.21. The molecule has 0 bridgehead atoms. The first kappa shape index (κ1) is 12.2. The van der Waals surface area contributed by atoms with E-state index in [1.807, 2.05) is 32.0 Å². The third kappa shape index (κ3) is 2.53. The zero-order chi connectivity index (χ0) is 13.1. The topological polar surface area (TPSA) is 59.7 Å². The molecule has 0 aliphatic carbocycles. The molecular weight excluding hydrogens is 232 g/mol. The highest BCUT2D eigenvalue weighted by molar-refractivity contribution is 5.87. The van der Waals surface area contributed by atoms with Crippen LogP contribution in [0.15, 0.2) is 34.9 Å². The van der Waals surface area contributed by atoms with E-state index in [2.05, 4.69) is 0 Å². The van der Waals surface area contributed by atoms with Crippen LogP contribution in [0, 0.1) is 13.8 Å². The number of hydrogen-bond donors (Lipinski definition) is 1. The van der Waals surface area contributed by atoms with Crippen LogP contribution in [0.5, 0.6) is 5.75 Å². The lowest BCUT2D eigenvalue weighted by molar-refractivity contribution is 0.0696. The van der Waals surface area contributed by atoms with Crippen molar-refractivity contribution in [1.29, 1.82) is 0 Å². The highest BCUT2D eigenvalue weighted by atomic mass is 16.5. The van der Waals surface area contributed by atoms with Gasteiger partial charge < -0.3 is 14.3 Å². The van der Waals surface area contributed by atoms with Crippen LogP contribution < -0.4 is 4.74 Å². The smallest absolute Gasteiger partial charge is 0.338 e. The number of aromatic carboxylic acids is 1. The lowest BCUT2D eigenvalue weighted by Gasteiger charge is -2.09. The van der Waals surface area contributed by atoms with Crippen molar-refractivity contribution in [3.8, 4) is 5.75 Å². The summed E-state index contributed by atoms with van der Waals surface area (Å²) in [6.07, 6.45) is 1.21. The molecule has 1 aromatic carbocycles. The average Bonchev–Trinajstić information content (AvgIpc) is 2.80. The summed E-state index contributed by atoms with van der Waals surface area (Å²) < 4.78 is 10.7. The molecule has 2 aromatic rings. The maximum Gasteiger partial charge on any atom is 0.338 e. The second kappa shape index (κ2) is 4.96. The van der Waals surface area contributed by atoms with Crippen LogP contribution >= 0.6 is 0 Å². The Hall–Kier alpha value is -2.23. The third-order valence-corrected chi connectivity index (χ3v) is 2.83. The van der Waals surface area contributed by atoms with E-state index >= 15 is 0 Å². The molecule has 4 nitrogen and oxygen atoms in total. The summed E-state index contributed by atoms with van der Waals surface area (Å²) in [5.74, 6) is 0.272. The van der Waals surface area contributed by atoms with Gasteiger partial charge in [-0.1, -0.05) is 12.1 Å². The first-order valence-electron chi connectivity index (χ1n) is 5.57. The van der Waals surface area contributed by atoms with Crippen molar-refractivity contribution in [2.24, 2.45) is 0 Å². The Kier molecular flexibility index (Phi) is 3.37. The number of furan rings is 1. The fourth-order valence-corrected chi connectivity index (χ4v) is 1.60. The summed E-state index contributed by atoms with van der Waals surface area (Å²) >= 11 is 0. The van der Waals surface area contributed by atoms with Gasteiger partial charge in [0, 0.05) is 0 Å².